The Kier molecular flexibility index (Phi) is 4.07. The lowest BCUT2D eigenvalue weighted by Crippen LogP contribution is -2.16. The van der Waals surface area contributed by atoms with Crippen molar-refractivity contribution in [2.45, 2.75) is 40.7 Å². The molecule has 1 atom stereocenters. The number of benzene rings is 1. The van der Waals surface area contributed by atoms with Gasteiger partial charge in [-0.3, -0.25) is 0 Å². The average molecular weight is 274 g/mol. The van der Waals surface area contributed by atoms with Gasteiger partial charge in [-0.25, -0.2) is 4.98 Å². The van der Waals surface area contributed by atoms with Gasteiger partial charge in [0.05, 0.1) is 11.7 Å². The topological polar surface area (TPSA) is 38.9 Å². The molecule has 3 heteroatoms. The second kappa shape index (κ2) is 5.43. The maximum atomic E-state index is 6.17. The van der Waals surface area contributed by atoms with Crippen LogP contribution in [0.4, 0.5) is 0 Å². The molecule has 0 aliphatic rings. The van der Waals surface area contributed by atoms with Crippen LogP contribution in [0.3, 0.4) is 0 Å². The predicted molar refractivity (Wildman–Crippen MR) is 83.5 cm³/mol. The van der Waals surface area contributed by atoms with Crippen molar-refractivity contribution >= 4 is 11.3 Å². The zero-order valence-corrected chi connectivity index (χ0v) is 13.1. The van der Waals surface area contributed by atoms with Crippen LogP contribution in [-0.4, -0.2) is 4.98 Å². The Hall–Kier alpha value is -1.19. The second-order valence-electron chi connectivity index (χ2n) is 5.59. The van der Waals surface area contributed by atoms with Crippen molar-refractivity contribution in [3.8, 4) is 11.3 Å². The Bertz CT molecular complexity index is 584. The summed E-state index contributed by atoms with van der Waals surface area (Å²) in [5, 5.41) is 3.15. The van der Waals surface area contributed by atoms with Crippen LogP contribution < -0.4 is 5.73 Å². The number of hydrogen-bond donors (Lipinski definition) is 1. The van der Waals surface area contributed by atoms with Gasteiger partial charge in [0.1, 0.15) is 5.01 Å². The Balaban J connectivity index is 2.41. The molecule has 0 aliphatic carbocycles. The summed E-state index contributed by atoms with van der Waals surface area (Å²) in [4.78, 5) is 4.73. The summed E-state index contributed by atoms with van der Waals surface area (Å²) < 4.78 is 0. The molecular weight excluding hydrogens is 252 g/mol. The summed E-state index contributed by atoms with van der Waals surface area (Å²) in [7, 11) is 0. The third kappa shape index (κ3) is 2.88. The molecule has 102 valence electrons. The molecule has 2 N–H and O–H groups in total. The van der Waals surface area contributed by atoms with Gasteiger partial charge >= 0.3 is 0 Å². The molecule has 1 aromatic carbocycles. The van der Waals surface area contributed by atoms with E-state index in [0.717, 1.165) is 10.7 Å². The van der Waals surface area contributed by atoms with Gasteiger partial charge in [0, 0.05) is 10.9 Å². The van der Waals surface area contributed by atoms with Crippen molar-refractivity contribution in [2.75, 3.05) is 0 Å². The first-order chi connectivity index (χ1) is 8.90. The summed E-state index contributed by atoms with van der Waals surface area (Å²) in [5.74, 6) is 0.417. The molecule has 2 rings (SSSR count). The molecule has 0 bridgehead atoms. The van der Waals surface area contributed by atoms with Crippen LogP contribution in [-0.2, 0) is 0 Å². The van der Waals surface area contributed by atoms with Gasteiger partial charge in [-0.2, -0.15) is 0 Å². The first-order valence-corrected chi connectivity index (χ1v) is 7.57. The lowest BCUT2D eigenvalue weighted by atomic mass is 9.99. The SMILES string of the molecule is Cc1cc(C)c(-c2csc(C(N)C(C)C)n2)cc1C. The maximum Gasteiger partial charge on any atom is 0.110 e. The minimum atomic E-state index is 0.0330. The van der Waals surface area contributed by atoms with E-state index < -0.39 is 0 Å². The number of hydrogen-bond acceptors (Lipinski definition) is 3. The minimum absolute atomic E-state index is 0.0330. The molecule has 0 spiro atoms. The summed E-state index contributed by atoms with van der Waals surface area (Å²) in [6.45, 7) is 10.7. The van der Waals surface area contributed by atoms with E-state index in [1.165, 1.54) is 22.3 Å². The van der Waals surface area contributed by atoms with E-state index in [4.69, 9.17) is 10.7 Å². The molecule has 1 unspecified atom stereocenters. The summed E-state index contributed by atoms with van der Waals surface area (Å²) >= 11 is 1.66. The van der Waals surface area contributed by atoms with Crippen molar-refractivity contribution in [3.05, 3.63) is 39.2 Å². The highest BCUT2D eigenvalue weighted by Crippen LogP contribution is 2.30. The normalized spacial score (nSPS) is 13.0. The number of aromatic nitrogens is 1. The first-order valence-electron chi connectivity index (χ1n) is 6.69. The fourth-order valence-corrected chi connectivity index (χ4v) is 3.08. The Labute approximate surface area is 119 Å². The molecule has 0 radical (unpaired) electrons. The fraction of sp³-hybridized carbons (Fsp3) is 0.438. The number of aryl methyl sites for hydroxylation is 3. The maximum absolute atomic E-state index is 6.17. The van der Waals surface area contributed by atoms with E-state index in [1.54, 1.807) is 11.3 Å². The number of rotatable bonds is 3. The standard InChI is InChI=1S/C16H22N2S/c1-9(2)15(17)16-18-14(8-19-16)13-7-11(4)10(3)6-12(13)5/h6-9,15H,17H2,1-5H3. The quantitative estimate of drug-likeness (QED) is 0.901. The monoisotopic (exact) mass is 274 g/mol. The van der Waals surface area contributed by atoms with Gasteiger partial charge in [0.2, 0.25) is 0 Å². The van der Waals surface area contributed by atoms with E-state index in [2.05, 4.69) is 52.1 Å². The van der Waals surface area contributed by atoms with Crippen molar-refractivity contribution in [2.24, 2.45) is 11.7 Å². The van der Waals surface area contributed by atoms with E-state index in [1.807, 2.05) is 0 Å². The smallest absolute Gasteiger partial charge is 0.110 e. The summed E-state index contributed by atoms with van der Waals surface area (Å²) in [6.07, 6.45) is 0. The van der Waals surface area contributed by atoms with Crippen LogP contribution in [0, 0.1) is 26.7 Å². The molecular formula is C16H22N2S. The summed E-state index contributed by atoms with van der Waals surface area (Å²) in [5.41, 5.74) is 12.4. The Morgan fingerprint density at radius 3 is 2.32 bits per heavy atom. The molecule has 0 aliphatic heterocycles. The predicted octanol–water partition coefficient (Wildman–Crippen LogP) is 4.39. The molecule has 2 aromatic rings. The van der Waals surface area contributed by atoms with Crippen LogP contribution in [0.25, 0.3) is 11.3 Å². The van der Waals surface area contributed by atoms with Crippen LogP contribution in [0.1, 0.15) is 41.6 Å². The van der Waals surface area contributed by atoms with Crippen molar-refractivity contribution in [3.63, 3.8) is 0 Å². The molecule has 0 amide bonds. The molecule has 1 aromatic heterocycles. The highest BCUT2D eigenvalue weighted by Gasteiger charge is 2.16. The number of thiazole rings is 1. The molecule has 19 heavy (non-hydrogen) atoms. The second-order valence-corrected chi connectivity index (χ2v) is 6.48. The Morgan fingerprint density at radius 2 is 1.68 bits per heavy atom. The van der Waals surface area contributed by atoms with Crippen LogP contribution in [0.5, 0.6) is 0 Å². The first kappa shape index (κ1) is 14.2. The van der Waals surface area contributed by atoms with Gasteiger partial charge in [-0.1, -0.05) is 19.9 Å². The lowest BCUT2D eigenvalue weighted by molar-refractivity contribution is 0.512. The zero-order chi connectivity index (χ0) is 14.2. The average Bonchev–Trinajstić information content (AvgIpc) is 2.81. The molecule has 0 saturated heterocycles. The molecule has 2 nitrogen and oxygen atoms in total. The summed E-state index contributed by atoms with van der Waals surface area (Å²) in [6, 6.07) is 4.49. The fourth-order valence-electron chi connectivity index (χ4n) is 2.09. The molecule has 1 heterocycles. The highest BCUT2D eigenvalue weighted by molar-refractivity contribution is 7.10. The minimum Gasteiger partial charge on any atom is -0.322 e. The van der Waals surface area contributed by atoms with Gasteiger partial charge in [-0.05, 0) is 49.4 Å². The van der Waals surface area contributed by atoms with Gasteiger partial charge < -0.3 is 5.73 Å². The highest BCUT2D eigenvalue weighted by atomic mass is 32.1. The molecule has 0 fully saturated rings. The van der Waals surface area contributed by atoms with Gasteiger partial charge in [-0.15, -0.1) is 11.3 Å². The Morgan fingerprint density at radius 1 is 1.05 bits per heavy atom. The van der Waals surface area contributed by atoms with E-state index in [0.29, 0.717) is 5.92 Å². The third-order valence-corrected chi connectivity index (χ3v) is 4.59. The van der Waals surface area contributed by atoms with Crippen molar-refractivity contribution < 1.29 is 0 Å². The number of nitrogens with two attached hydrogens (primary N) is 1. The van der Waals surface area contributed by atoms with Crippen molar-refractivity contribution in [1.82, 2.24) is 4.98 Å². The van der Waals surface area contributed by atoms with Crippen LogP contribution in [0.2, 0.25) is 0 Å². The van der Waals surface area contributed by atoms with E-state index in [9.17, 15) is 0 Å². The van der Waals surface area contributed by atoms with Gasteiger partial charge in [0.15, 0.2) is 0 Å². The zero-order valence-electron chi connectivity index (χ0n) is 12.3. The van der Waals surface area contributed by atoms with Gasteiger partial charge in [0.25, 0.3) is 0 Å². The van der Waals surface area contributed by atoms with Crippen LogP contribution in [0.15, 0.2) is 17.5 Å². The van der Waals surface area contributed by atoms with E-state index >= 15 is 0 Å². The van der Waals surface area contributed by atoms with E-state index in [-0.39, 0.29) is 6.04 Å². The largest absolute Gasteiger partial charge is 0.322 e. The molecule has 0 saturated carbocycles. The number of nitrogens with zero attached hydrogens (tertiary/aromatic N) is 1. The van der Waals surface area contributed by atoms with Crippen molar-refractivity contribution in [1.29, 1.82) is 0 Å². The third-order valence-electron chi connectivity index (χ3n) is 3.64. The lowest BCUT2D eigenvalue weighted by Gasteiger charge is -2.12. The van der Waals surface area contributed by atoms with Crippen LogP contribution >= 0.6 is 11.3 Å².